The van der Waals surface area contributed by atoms with E-state index in [4.69, 9.17) is 4.74 Å². The average molecular weight is 228 g/mol. The van der Waals surface area contributed by atoms with E-state index in [-0.39, 0.29) is 12.2 Å². The van der Waals surface area contributed by atoms with Gasteiger partial charge in [0.1, 0.15) is 0 Å². The van der Waals surface area contributed by atoms with E-state index in [1.807, 2.05) is 6.92 Å². The van der Waals surface area contributed by atoms with Gasteiger partial charge < -0.3 is 4.74 Å². The van der Waals surface area contributed by atoms with E-state index in [1.54, 1.807) is 6.92 Å². The van der Waals surface area contributed by atoms with E-state index in [0.717, 1.165) is 30.5 Å². The molecule has 0 spiro atoms. The normalized spacial score (nSPS) is 13.3. The molecule has 0 radical (unpaired) electrons. The Balaban J connectivity index is 4.67. The Kier molecular flexibility index (Phi) is 6.34. The van der Waals surface area contributed by atoms with Crippen LogP contribution in [0.1, 0.15) is 41.0 Å². The van der Waals surface area contributed by atoms with E-state index in [0.29, 0.717) is 5.57 Å². The Morgan fingerprint density at radius 2 is 1.81 bits per heavy atom. The summed E-state index contributed by atoms with van der Waals surface area (Å²) >= 11 is 0. The van der Waals surface area contributed by atoms with Crippen molar-refractivity contribution in [2.45, 2.75) is 47.3 Å². The molecule has 0 aliphatic heterocycles. The molecule has 0 aromatic heterocycles. The second-order valence-electron chi connectivity index (χ2n) is 4.36. The van der Waals surface area contributed by atoms with Gasteiger partial charge >= 0.3 is 5.97 Å². The number of carbonyl (C=O) groups excluding carboxylic acids is 1. The Morgan fingerprint density at radius 3 is 2.12 bits per heavy atom. The second kappa shape index (κ2) is 6.69. The van der Waals surface area contributed by atoms with Crippen molar-refractivity contribution in [2.75, 3.05) is 19.6 Å². The summed E-state index contributed by atoms with van der Waals surface area (Å²) in [5.74, 6) is -0.284. The molecule has 3 nitrogen and oxygen atoms in total. The summed E-state index contributed by atoms with van der Waals surface area (Å²) in [6.07, 6.45) is 0.996. The molecule has 1 unspecified atom stereocenters. The van der Waals surface area contributed by atoms with Crippen LogP contribution in [0.15, 0.2) is 12.2 Å². The average Bonchev–Trinajstić information content (AvgIpc) is 2.25. The summed E-state index contributed by atoms with van der Waals surface area (Å²) in [6, 6.07) is 0. The van der Waals surface area contributed by atoms with E-state index in [9.17, 15) is 4.79 Å². The molecule has 94 valence electrons. The number of esters is 1. The van der Waals surface area contributed by atoms with Crippen LogP contribution in [-0.2, 0) is 9.53 Å². The Morgan fingerprint density at radius 1 is 1.31 bits per heavy atom. The number of ether oxygens (including phenoxy) is 1. The molecule has 0 aromatic carbocycles. The Bertz CT molecular complexity index is 244. The maximum Gasteiger partial charge on any atom is 0.337 e. The molecule has 0 bridgehead atoms. The minimum absolute atomic E-state index is 0.0980. The van der Waals surface area contributed by atoms with E-state index < -0.39 is 0 Å². The quantitative estimate of drug-likeness (QED) is 0.290. The van der Waals surface area contributed by atoms with Crippen molar-refractivity contribution in [3.63, 3.8) is 0 Å². The number of quaternary nitrogens is 1. The van der Waals surface area contributed by atoms with Gasteiger partial charge in [0.25, 0.3) is 0 Å². The second-order valence-corrected chi connectivity index (χ2v) is 4.36. The van der Waals surface area contributed by atoms with Crippen molar-refractivity contribution in [3.8, 4) is 0 Å². The lowest BCUT2D eigenvalue weighted by Gasteiger charge is -2.40. The molecular weight excluding hydrogens is 202 g/mol. The van der Waals surface area contributed by atoms with Crippen molar-refractivity contribution in [1.29, 1.82) is 0 Å². The Labute approximate surface area is 99.7 Å². The van der Waals surface area contributed by atoms with Gasteiger partial charge in [0, 0.05) is 12.5 Å². The molecule has 0 saturated carbocycles. The first kappa shape index (κ1) is 15.2. The number of carbonyl (C=O) groups is 1. The van der Waals surface area contributed by atoms with E-state index >= 15 is 0 Å². The van der Waals surface area contributed by atoms with Crippen molar-refractivity contribution < 1.29 is 14.0 Å². The fraction of sp³-hybridized carbons (Fsp3) is 0.769. The number of nitrogens with zero attached hydrogens (tertiary/aromatic N) is 1. The molecule has 0 heterocycles. The summed E-state index contributed by atoms with van der Waals surface area (Å²) in [4.78, 5) is 11.5. The van der Waals surface area contributed by atoms with E-state index in [1.165, 1.54) is 0 Å². The van der Waals surface area contributed by atoms with Crippen molar-refractivity contribution in [2.24, 2.45) is 0 Å². The first-order valence-electron chi connectivity index (χ1n) is 6.15. The lowest BCUT2D eigenvalue weighted by atomic mass is 10.2. The fourth-order valence-corrected chi connectivity index (χ4v) is 2.05. The maximum atomic E-state index is 11.5. The smallest absolute Gasteiger partial charge is 0.337 e. The predicted molar refractivity (Wildman–Crippen MR) is 66.9 cm³/mol. The van der Waals surface area contributed by atoms with Crippen LogP contribution in [0, 0.1) is 0 Å². The largest absolute Gasteiger partial charge is 0.409 e. The standard InChI is InChI=1S/C13H26NO2/c1-7-10-14(8-2,9-3)12(6)16-13(15)11(4)5/h12H,4,7-10H2,1-3,5-6H3/q+1. The SMILES string of the molecule is C=C(C)C(=O)OC(C)[N+](CC)(CC)CCC. The zero-order chi connectivity index (χ0) is 12.8. The molecular formula is C13H26NO2+. The molecule has 0 aliphatic carbocycles. The Hall–Kier alpha value is -0.830. The highest BCUT2D eigenvalue weighted by Crippen LogP contribution is 2.16. The summed E-state index contributed by atoms with van der Waals surface area (Å²) < 4.78 is 6.27. The van der Waals surface area contributed by atoms with Crippen molar-refractivity contribution in [1.82, 2.24) is 0 Å². The first-order chi connectivity index (χ1) is 7.43. The molecule has 0 aromatic rings. The molecule has 16 heavy (non-hydrogen) atoms. The molecule has 0 amide bonds. The number of hydrogen-bond donors (Lipinski definition) is 0. The number of rotatable bonds is 7. The van der Waals surface area contributed by atoms with Gasteiger partial charge in [0.15, 0.2) is 0 Å². The van der Waals surface area contributed by atoms with Crippen LogP contribution in [0.3, 0.4) is 0 Å². The zero-order valence-corrected chi connectivity index (χ0v) is 11.4. The highest BCUT2D eigenvalue weighted by Gasteiger charge is 2.32. The molecule has 0 fully saturated rings. The van der Waals surface area contributed by atoms with E-state index in [2.05, 4.69) is 27.4 Å². The summed E-state index contributed by atoms with van der Waals surface area (Å²) in [6.45, 7) is 16.7. The van der Waals surface area contributed by atoms with Crippen LogP contribution in [0.5, 0.6) is 0 Å². The lowest BCUT2D eigenvalue weighted by molar-refractivity contribution is -0.964. The van der Waals surface area contributed by atoms with Gasteiger partial charge in [0.05, 0.1) is 19.6 Å². The van der Waals surface area contributed by atoms with Gasteiger partial charge in [-0.3, -0.25) is 4.48 Å². The highest BCUT2D eigenvalue weighted by molar-refractivity contribution is 5.86. The fourth-order valence-electron chi connectivity index (χ4n) is 2.05. The third-order valence-corrected chi connectivity index (χ3v) is 3.33. The predicted octanol–water partition coefficient (Wildman–Crippen LogP) is 2.72. The minimum Gasteiger partial charge on any atom is -0.409 e. The van der Waals surface area contributed by atoms with Crippen LogP contribution < -0.4 is 0 Å². The molecule has 3 heteroatoms. The number of hydrogen-bond acceptors (Lipinski definition) is 2. The van der Waals surface area contributed by atoms with Crippen molar-refractivity contribution in [3.05, 3.63) is 12.2 Å². The molecule has 0 aliphatic rings. The summed E-state index contributed by atoms with van der Waals surface area (Å²) in [5.41, 5.74) is 0.466. The topological polar surface area (TPSA) is 26.3 Å². The van der Waals surface area contributed by atoms with Gasteiger partial charge in [-0.2, -0.15) is 0 Å². The third kappa shape index (κ3) is 3.63. The van der Waals surface area contributed by atoms with Gasteiger partial charge in [-0.05, 0) is 27.2 Å². The molecule has 0 N–H and O–H groups in total. The van der Waals surface area contributed by atoms with Crippen LogP contribution in [0.4, 0.5) is 0 Å². The van der Waals surface area contributed by atoms with Gasteiger partial charge in [-0.15, -0.1) is 0 Å². The molecule has 0 rings (SSSR count). The van der Waals surface area contributed by atoms with Gasteiger partial charge in [0.2, 0.25) is 6.23 Å². The van der Waals surface area contributed by atoms with Crippen LogP contribution >= 0.6 is 0 Å². The van der Waals surface area contributed by atoms with Crippen LogP contribution in [0.25, 0.3) is 0 Å². The third-order valence-electron chi connectivity index (χ3n) is 3.33. The van der Waals surface area contributed by atoms with Gasteiger partial charge in [-0.25, -0.2) is 4.79 Å². The molecule has 1 atom stereocenters. The first-order valence-corrected chi connectivity index (χ1v) is 6.15. The molecule has 0 saturated heterocycles. The van der Waals surface area contributed by atoms with Crippen molar-refractivity contribution >= 4 is 5.97 Å². The highest BCUT2D eigenvalue weighted by atomic mass is 16.6. The minimum atomic E-state index is -0.284. The van der Waals surface area contributed by atoms with Crippen LogP contribution in [0.2, 0.25) is 0 Å². The maximum absolute atomic E-state index is 11.5. The monoisotopic (exact) mass is 228 g/mol. The lowest BCUT2D eigenvalue weighted by Crippen LogP contribution is -2.56. The summed E-state index contributed by atoms with van der Waals surface area (Å²) in [5, 5.41) is 0. The zero-order valence-electron chi connectivity index (χ0n) is 11.4. The van der Waals surface area contributed by atoms with Crippen LogP contribution in [-0.4, -0.2) is 36.3 Å². The summed E-state index contributed by atoms with van der Waals surface area (Å²) in [7, 11) is 0. The van der Waals surface area contributed by atoms with Gasteiger partial charge in [-0.1, -0.05) is 13.5 Å².